The Morgan fingerprint density at radius 3 is 3.12 bits per heavy atom. The van der Waals surface area contributed by atoms with E-state index in [2.05, 4.69) is 22.1 Å². The Labute approximate surface area is 95.4 Å². The number of carbonyl (C=O) groups is 1. The lowest BCUT2D eigenvalue weighted by atomic mass is 10.0. The van der Waals surface area contributed by atoms with Crippen LogP contribution in [-0.2, 0) is 6.54 Å². The molecule has 2 heterocycles. The third kappa shape index (κ3) is 2.47. The summed E-state index contributed by atoms with van der Waals surface area (Å²) >= 11 is 0. The molecule has 0 N–H and O–H groups in total. The second-order valence-electron chi connectivity index (χ2n) is 4.26. The number of likely N-dealkylation sites (N-methyl/N-ethyl adjacent to an activating group) is 1. The van der Waals surface area contributed by atoms with E-state index in [1.807, 2.05) is 0 Å². The summed E-state index contributed by atoms with van der Waals surface area (Å²) in [6.07, 6.45) is 6.25. The highest BCUT2D eigenvalue weighted by atomic mass is 16.1. The fourth-order valence-corrected chi connectivity index (χ4v) is 2.36. The van der Waals surface area contributed by atoms with E-state index >= 15 is 0 Å². The number of hydrogen-bond acceptors (Lipinski definition) is 4. The van der Waals surface area contributed by atoms with Crippen molar-refractivity contribution in [3.63, 3.8) is 0 Å². The summed E-state index contributed by atoms with van der Waals surface area (Å²) in [6.45, 7) is 5.29. The molecule has 2 rings (SSSR count). The van der Waals surface area contributed by atoms with Crippen molar-refractivity contribution in [2.45, 2.75) is 38.8 Å². The Hall–Kier alpha value is -1.23. The molecule has 1 atom stereocenters. The lowest BCUT2D eigenvalue weighted by molar-refractivity contribution is 0.111. The monoisotopic (exact) mass is 222 g/mol. The van der Waals surface area contributed by atoms with Gasteiger partial charge in [-0.3, -0.25) is 14.4 Å². The molecule has 0 aliphatic carbocycles. The molecular weight excluding hydrogens is 204 g/mol. The Morgan fingerprint density at radius 2 is 2.44 bits per heavy atom. The summed E-state index contributed by atoms with van der Waals surface area (Å²) in [5.74, 6) is 0. The van der Waals surface area contributed by atoms with Gasteiger partial charge >= 0.3 is 0 Å². The average molecular weight is 222 g/mol. The van der Waals surface area contributed by atoms with Crippen molar-refractivity contribution in [3.8, 4) is 0 Å². The van der Waals surface area contributed by atoms with Crippen molar-refractivity contribution in [2.75, 3.05) is 13.1 Å². The molecular formula is C11H18N4O. The number of aldehydes is 1. The minimum absolute atomic E-state index is 0.416. The first-order valence-electron chi connectivity index (χ1n) is 5.93. The molecule has 0 aromatic carbocycles. The van der Waals surface area contributed by atoms with Crippen LogP contribution in [0.25, 0.3) is 0 Å². The first-order valence-corrected chi connectivity index (χ1v) is 5.93. The van der Waals surface area contributed by atoms with Crippen LogP contribution >= 0.6 is 0 Å². The minimum atomic E-state index is 0.416. The van der Waals surface area contributed by atoms with Gasteiger partial charge in [-0.2, -0.15) is 0 Å². The molecule has 1 aliphatic heterocycles. The molecule has 16 heavy (non-hydrogen) atoms. The lowest BCUT2D eigenvalue weighted by Crippen LogP contribution is -2.41. The van der Waals surface area contributed by atoms with Crippen LogP contribution in [0, 0.1) is 0 Å². The van der Waals surface area contributed by atoms with Crippen LogP contribution in [0.1, 0.15) is 36.7 Å². The van der Waals surface area contributed by atoms with Crippen LogP contribution < -0.4 is 0 Å². The molecule has 1 saturated heterocycles. The van der Waals surface area contributed by atoms with Gasteiger partial charge in [0.25, 0.3) is 0 Å². The van der Waals surface area contributed by atoms with E-state index in [-0.39, 0.29) is 0 Å². The van der Waals surface area contributed by atoms with Gasteiger partial charge in [0.05, 0.1) is 12.7 Å². The van der Waals surface area contributed by atoms with E-state index in [1.165, 1.54) is 25.8 Å². The van der Waals surface area contributed by atoms with Crippen LogP contribution in [-0.4, -0.2) is 45.3 Å². The van der Waals surface area contributed by atoms with Gasteiger partial charge in [0.2, 0.25) is 0 Å². The van der Waals surface area contributed by atoms with Gasteiger partial charge < -0.3 is 0 Å². The van der Waals surface area contributed by atoms with Crippen molar-refractivity contribution >= 4 is 6.29 Å². The standard InChI is InChI=1S/C11H18N4O/c1-2-14-6-4-3-5-11(14)8-15-7-10(9-16)12-13-15/h7,9,11H,2-6,8H2,1H3/t11-/m0/s1. The maximum atomic E-state index is 10.5. The molecule has 5 nitrogen and oxygen atoms in total. The van der Waals surface area contributed by atoms with E-state index in [9.17, 15) is 4.79 Å². The molecule has 88 valence electrons. The Balaban J connectivity index is 1.98. The fraction of sp³-hybridized carbons (Fsp3) is 0.727. The maximum Gasteiger partial charge on any atom is 0.171 e. The van der Waals surface area contributed by atoms with E-state index in [1.54, 1.807) is 10.9 Å². The summed E-state index contributed by atoms with van der Waals surface area (Å²) in [4.78, 5) is 13.0. The zero-order chi connectivity index (χ0) is 11.4. The Bertz CT molecular complexity index is 350. The van der Waals surface area contributed by atoms with Gasteiger partial charge in [-0.1, -0.05) is 18.6 Å². The number of likely N-dealkylation sites (tertiary alicyclic amines) is 1. The third-order valence-electron chi connectivity index (χ3n) is 3.23. The second kappa shape index (κ2) is 5.21. The molecule has 1 aromatic rings. The number of piperidine rings is 1. The summed E-state index contributed by atoms with van der Waals surface area (Å²) in [5, 5.41) is 7.74. The SMILES string of the molecule is CCN1CCCC[C@H]1Cn1cc(C=O)nn1. The van der Waals surface area contributed by atoms with Crippen LogP contribution in [0.5, 0.6) is 0 Å². The number of nitrogens with zero attached hydrogens (tertiary/aromatic N) is 4. The van der Waals surface area contributed by atoms with Gasteiger partial charge in [0.1, 0.15) is 5.69 Å². The predicted octanol–water partition coefficient (Wildman–Crippen LogP) is 0.965. The van der Waals surface area contributed by atoms with Crippen LogP contribution in [0.15, 0.2) is 6.20 Å². The van der Waals surface area contributed by atoms with Gasteiger partial charge in [-0.25, -0.2) is 0 Å². The van der Waals surface area contributed by atoms with Gasteiger partial charge in [-0.15, -0.1) is 5.10 Å². The predicted molar refractivity (Wildman–Crippen MR) is 60.3 cm³/mol. The quantitative estimate of drug-likeness (QED) is 0.712. The molecule has 1 aromatic heterocycles. The van der Waals surface area contributed by atoms with E-state index in [4.69, 9.17) is 0 Å². The van der Waals surface area contributed by atoms with Crippen LogP contribution in [0.4, 0.5) is 0 Å². The summed E-state index contributed by atoms with van der Waals surface area (Å²) in [6, 6.07) is 0.542. The van der Waals surface area contributed by atoms with Crippen molar-refractivity contribution < 1.29 is 4.79 Å². The van der Waals surface area contributed by atoms with Gasteiger partial charge in [0.15, 0.2) is 6.29 Å². The lowest BCUT2D eigenvalue weighted by Gasteiger charge is -2.34. The average Bonchev–Trinajstić information content (AvgIpc) is 2.77. The molecule has 0 bridgehead atoms. The van der Waals surface area contributed by atoms with E-state index < -0.39 is 0 Å². The normalized spacial score (nSPS) is 22.2. The molecule has 1 fully saturated rings. The van der Waals surface area contributed by atoms with Crippen LogP contribution in [0.2, 0.25) is 0 Å². The Morgan fingerprint density at radius 1 is 1.56 bits per heavy atom. The molecule has 0 unspecified atom stereocenters. The van der Waals surface area contributed by atoms with Gasteiger partial charge in [0, 0.05) is 6.04 Å². The number of aromatic nitrogens is 3. The maximum absolute atomic E-state index is 10.5. The number of hydrogen-bond donors (Lipinski definition) is 0. The fourth-order valence-electron chi connectivity index (χ4n) is 2.36. The van der Waals surface area contributed by atoms with Gasteiger partial charge in [-0.05, 0) is 25.9 Å². The highest BCUT2D eigenvalue weighted by Gasteiger charge is 2.21. The summed E-state index contributed by atoms with van der Waals surface area (Å²) in [7, 11) is 0. The highest BCUT2D eigenvalue weighted by molar-refractivity contribution is 5.70. The summed E-state index contributed by atoms with van der Waals surface area (Å²) in [5.41, 5.74) is 0.416. The zero-order valence-electron chi connectivity index (χ0n) is 9.67. The third-order valence-corrected chi connectivity index (χ3v) is 3.23. The van der Waals surface area contributed by atoms with Crippen LogP contribution in [0.3, 0.4) is 0 Å². The topological polar surface area (TPSA) is 51.0 Å². The van der Waals surface area contributed by atoms with E-state index in [0.717, 1.165) is 19.4 Å². The van der Waals surface area contributed by atoms with E-state index in [0.29, 0.717) is 11.7 Å². The zero-order valence-corrected chi connectivity index (χ0v) is 9.67. The minimum Gasteiger partial charge on any atom is -0.299 e. The number of rotatable bonds is 4. The first kappa shape index (κ1) is 11.3. The smallest absolute Gasteiger partial charge is 0.171 e. The van der Waals surface area contributed by atoms with Crippen molar-refractivity contribution in [3.05, 3.63) is 11.9 Å². The van der Waals surface area contributed by atoms with Crippen molar-refractivity contribution in [1.29, 1.82) is 0 Å². The Kier molecular flexibility index (Phi) is 3.66. The number of carbonyl (C=O) groups excluding carboxylic acids is 1. The summed E-state index contributed by atoms with van der Waals surface area (Å²) < 4.78 is 1.78. The highest BCUT2D eigenvalue weighted by Crippen LogP contribution is 2.17. The molecule has 0 radical (unpaired) electrons. The second-order valence-corrected chi connectivity index (χ2v) is 4.26. The molecule has 1 aliphatic rings. The molecule has 0 spiro atoms. The first-order chi connectivity index (χ1) is 7.83. The molecule has 0 saturated carbocycles. The largest absolute Gasteiger partial charge is 0.299 e. The molecule has 0 amide bonds. The van der Waals surface area contributed by atoms with Crippen molar-refractivity contribution in [1.82, 2.24) is 19.9 Å². The van der Waals surface area contributed by atoms with Crippen molar-refractivity contribution in [2.24, 2.45) is 0 Å². The molecule has 5 heteroatoms.